The zero-order chi connectivity index (χ0) is 20.4. The molecule has 4 aromatic rings. The maximum atomic E-state index is 6.07. The van der Waals surface area contributed by atoms with Crippen LogP contribution in [0.1, 0.15) is 27.9 Å². The first-order valence-electron chi connectivity index (χ1n) is 9.65. The Hall–Kier alpha value is -2.70. The molecule has 4 rings (SSSR count). The number of aryl methyl sites for hydroxylation is 6. The van der Waals surface area contributed by atoms with Gasteiger partial charge in [0.1, 0.15) is 5.75 Å². The highest BCUT2D eigenvalue weighted by Gasteiger charge is 2.12. The predicted octanol–water partition coefficient (Wildman–Crippen LogP) is 6.09. The zero-order valence-electron chi connectivity index (χ0n) is 17.5. The lowest BCUT2D eigenvalue weighted by Gasteiger charge is -2.12. The van der Waals surface area contributed by atoms with E-state index in [0.717, 1.165) is 35.5 Å². The molecule has 0 radical (unpaired) electrons. The molecule has 0 N–H and O–H groups in total. The Morgan fingerprint density at radius 1 is 1.00 bits per heavy atom. The van der Waals surface area contributed by atoms with Crippen LogP contribution in [0.5, 0.6) is 10.9 Å². The largest absolute Gasteiger partial charge is 0.430 e. The lowest BCUT2D eigenvalue weighted by Crippen LogP contribution is -2.01. The minimum atomic E-state index is 0. The summed E-state index contributed by atoms with van der Waals surface area (Å²) in [4.78, 5) is 8.84. The van der Waals surface area contributed by atoms with Gasteiger partial charge < -0.3 is 9.30 Å². The Labute approximate surface area is 187 Å². The standard InChI is InChI=1S/C23H24N4OS.ClH/c1-15-5-7-19(8-6-15)22-25-23(29-26-22)28-21-12-16(2)20(11-17(21)3)9-10-27-13-18(4)24-14-27;/h5-8,11-14H,9-10H2,1-4H3;1H. The number of hydrogen-bond donors (Lipinski definition) is 0. The van der Waals surface area contributed by atoms with E-state index in [1.165, 1.54) is 28.2 Å². The lowest BCUT2D eigenvalue weighted by molar-refractivity contribution is 0.475. The maximum Gasteiger partial charge on any atom is 0.299 e. The Morgan fingerprint density at radius 2 is 1.77 bits per heavy atom. The molecule has 0 aliphatic carbocycles. The fourth-order valence-electron chi connectivity index (χ4n) is 3.24. The minimum absolute atomic E-state index is 0. The van der Waals surface area contributed by atoms with Crippen molar-refractivity contribution in [2.45, 2.75) is 40.7 Å². The predicted molar refractivity (Wildman–Crippen MR) is 124 cm³/mol. The molecule has 156 valence electrons. The van der Waals surface area contributed by atoms with Gasteiger partial charge in [-0.2, -0.15) is 9.36 Å². The molecular weight excluding hydrogens is 416 g/mol. The number of rotatable bonds is 6. The molecule has 0 aliphatic rings. The number of ether oxygens (including phenoxy) is 1. The molecule has 2 heterocycles. The van der Waals surface area contributed by atoms with Gasteiger partial charge in [-0.1, -0.05) is 35.9 Å². The first-order valence-corrected chi connectivity index (χ1v) is 10.4. The van der Waals surface area contributed by atoms with E-state index >= 15 is 0 Å². The summed E-state index contributed by atoms with van der Waals surface area (Å²) < 4.78 is 12.6. The van der Waals surface area contributed by atoms with E-state index in [-0.39, 0.29) is 12.4 Å². The third-order valence-electron chi connectivity index (χ3n) is 4.95. The van der Waals surface area contributed by atoms with Crippen LogP contribution in [0.25, 0.3) is 11.4 Å². The van der Waals surface area contributed by atoms with Gasteiger partial charge in [0.25, 0.3) is 5.19 Å². The van der Waals surface area contributed by atoms with Gasteiger partial charge in [0.15, 0.2) is 5.82 Å². The highest BCUT2D eigenvalue weighted by molar-refractivity contribution is 7.07. The molecule has 5 nitrogen and oxygen atoms in total. The Kier molecular flexibility index (Phi) is 6.90. The van der Waals surface area contributed by atoms with Crippen LogP contribution in [0.15, 0.2) is 48.9 Å². The van der Waals surface area contributed by atoms with Crippen molar-refractivity contribution in [3.8, 4) is 22.3 Å². The monoisotopic (exact) mass is 440 g/mol. The molecule has 2 aromatic heterocycles. The zero-order valence-corrected chi connectivity index (χ0v) is 19.2. The molecule has 0 amide bonds. The molecule has 2 aromatic carbocycles. The van der Waals surface area contributed by atoms with Gasteiger partial charge in [-0.25, -0.2) is 4.98 Å². The number of hydrogen-bond acceptors (Lipinski definition) is 5. The van der Waals surface area contributed by atoms with Gasteiger partial charge in [0, 0.05) is 29.8 Å². The van der Waals surface area contributed by atoms with Crippen LogP contribution in [-0.2, 0) is 13.0 Å². The van der Waals surface area contributed by atoms with Crippen molar-refractivity contribution >= 4 is 23.9 Å². The van der Waals surface area contributed by atoms with Crippen LogP contribution in [0.3, 0.4) is 0 Å². The van der Waals surface area contributed by atoms with Gasteiger partial charge in [0.05, 0.1) is 12.0 Å². The second-order valence-corrected chi connectivity index (χ2v) is 8.11. The van der Waals surface area contributed by atoms with E-state index < -0.39 is 0 Å². The van der Waals surface area contributed by atoms with Crippen molar-refractivity contribution in [1.29, 1.82) is 0 Å². The second kappa shape index (κ2) is 9.41. The molecular formula is C23H25ClN4OS. The van der Waals surface area contributed by atoms with Crippen LogP contribution >= 0.6 is 23.9 Å². The summed E-state index contributed by atoms with van der Waals surface area (Å²) in [6, 6.07) is 12.5. The minimum Gasteiger partial charge on any atom is -0.430 e. The number of benzene rings is 2. The van der Waals surface area contributed by atoms with E-state index in [9.17, 15) is 0 Å². The fourth-order valence-corrected chi connectivity index (χ4v) is 3.80. The Morgan fingerprint density at radius 3 is 2.47 bits per heavy atom. The third-order valence-corrected chi connectivity index (χ3v) is 5.54. The molecule has 0 bridgehead atoms. The lowest BCUT2D eigenvalue weighted by atomic mass is 10.0. The van der Waals surface area contributed by atoms with Gasteiger partial charge >= 0.3 is 0 Å². The van der Waals surface area contributed by atoms with Crippen LogP contribution in [0.4, 0.5) is 0 Å². The molecule has 0 saturated carbocycles. The van der Waals surface area contributed by atoms with Gasteiger partial charge in [-0.15, -0.1) is 12.4 Å². The smallest absolute Gasteiger partial charge is 0.299 e. The topological polar surface area (TPSA) is 52.8 Å². The molecule has 30 heavy (non-hydrogen) atoms. The van der Waals surface area contributed by atoms with Crippen molar-refractivity contribution < 1.29 is 4.74 Å². The summed E-state index contributed by atoms with van der Waals surface area (Å²) in [6.07, 6.45) is 4.91. The summed E-state index contributed by atoms with van der Waals surface area (Å²) in [7, 11) is 0. The van der Waals surface area contributed by atoms with E-state index in [4.69, 9.17) is 4.74 Å². The molecule has 0 aliphatic heterocycles. The SMILES string of the molecule is Cc1ccc(-c2nsc(Oc3cc(C)c(CCn4cnc(C)c4)cc3C)n2)cc1.Cl. The average Bonchev–Trinajstić information content (AvgIpc) is 3.33. The molecule has 0 spiro atoms. The van der Waals surface area contributed by atoms with E-state index in [2.05, 4.69) is 70.1 Å². The summed E-state index contributed by atoms with van der Waals surface area (Å²) in [5.41, 5.74) is 6.89. The van der Waals surface area contributed by atoms with Gasteiger partial charge in [-0.05, 0) is 56.9 Å². The second-order valence-electron chi connectivity index (χ2n) is 7.40. The third kappa shape index (κ3) is 5.07. The van der Waals surface area contributed by atoms with Gasteiger partial charge in [0.2, 0.25) is 0 Å². The summed E-state index contributed by atoms with van der Waals surface area (Å²) in [5.74, 6) is 1.53. The summed E-state index contributed by atoms with van der Waals surface area (Å²) >= 11 is 1.28. The quantitative estimate of drug-likeness (QED) is 0.364. The van der Waals surface area contributed by atoms with Crippen LogP contribution in [0.2, 0.25) is 0 Å². The Balaban J connectivity index is 0.00000256. The molecule has 0 unspecified atom stereocenters. The van der Waals surface area contributed by atoms with Crippen LogP contribution < -0.4 is 4.74 Å². The molecule has 7 heteroatoms. The normalized spacial score (nSPS) is 10.7. The van der Waals surface area contributed by atoms with Crippen molar-refractivity contribution in [3.63, 3.8) is 0 Å². The summed E-state index contributed by atoms with van der Waals surface area (Å²) in [6.45, 7) is 9.19. The number of aromatic nitrogens is 4. The van der Waals surface area contributed by atoms with Crippen molar-refractivity contribution in [2.24, 2.45) is 0 Å². The number of halogens is 1. The van der Waals surface area contributed by atoms with Crippen molar-refractivity contribution in [3.05, 3.63) is 76.9 Å². The number of imidazole rings is 1. The molecule has 0 fully saturated rings. The van der Waals surface area contributed by atoms with Crippen LogP contribution in [-0.4, -0.2) is 18.9 Å². The first-order chi connectivity index (χ1) is 14.0. The van der Waals surface area contributed by atoms with Crippen molar-refractivity contribution in [1.82, 2.24) is 18.9 Å². The van der Waals surface area contributed by atoms with Crippen LogP contribution in [0, 0.1) is 27.7 Å². The first kappa shape index (κ1) is 22.0. The highest BCUT2D eigenvalue weighted by Crippen LogP contribution is 2.31. The van der Waals surface area contributed by atoms with E-state index in [0.29, 0.717) is 11.0 Å². The van der Waals surface area contributed by atoms with Gasteiger partial charge in [-0.3, -0.25) is 0 Å². The Bertz CT molecular complexity index is 1130. The highest BCUT2D eigenvalue weighted by atomic mass is 35.5. The van der Waals surface area contributed by atoms with E-state index in [1.54, 1.807) is 0 Å². The molecule has 0 saturated heterocycles. The fraction of sp³-hybridized carbons (Fsp3) is 0.261. The maximum absolute atomic E-state index is 6.07. The van der Waals surface area contributed by atoms with E-state index in [1.807, 2.05) is 25.4 Å². The molecule has 0 atom stereocenters. The average molecular weight is 441 g/mol. The number of nitrogens with zero attached hydrogens (tertiary/aromatic N) is 4. The summed E-state index contributed by atoms with van der Waals surface area (Å²) in [5, 5.41) is 0.560. The van der Waals surface area contributed by atoms with Crippen molar-refractivity contribution in [2.75, 3.05) is 0 Å².